The fraction of sp³-hybridized carbons (Fsp3) is 0.944. The molecule has 0 aromatic heterocycles. The Balaban J connectivity index is 2.40. The van der Waals surface area contributed by atoms with Crippen LogP contribution in [0.1, 0.15) is 66.7 Å². The van der Waals surface area contributed by atoms with Gasteiger partial charge in [-0.25, -0.2) is 4.79 Å². The molecule has 0 bridgehead atoms. The standard InChI is InChI=1S/C18H36N2O3/c1-6-7-8-9-10-19-15(2)13-16-14-22-12-11-20(16)17(21)23-18(3,4)5/h15-16,19H,6-14H2,1-5H3. The van der Waals surface area contributed by atoms with E-state index in [4.69, 9.17) is 9.47 Å². The number of carbonyl (C=O) groups excluding carboxylic acids is 1. The Hall–Kier alpha value is -0.810. The van der Waals surface area contributed by atoms with Crippen LogP contribution in [-0.2, 0) is 9.47 Å². The largest absolute Gasteiger partial charge is 0.444 e. The normalized spacial score (nSPS) is 20.4. The van der Waals surface area contributed by atoms with Crippen LogP contribution in [0.25, 0.3) is 0 Å². The molecule has 1 heterocycles. The Kier molecular flexibility index (Phi) is 8.92. The summed E-state index contributed by atoms with van der Waals surface area (Å²) >= 11 is 0. The summed E-state index contributed by atoms with van der Waals surface area (Å²) in [6.07, 6.45) is 5.74. The lowest BCUT2D eigenvalue weighted by Crippen LogP contribution is -2.52. The predicted octanol–water partition coefficient (Wildman–Crippen LogP) is 3.57. The minimum atomic E-state index is -0.455. The van der Waals surface area contributed by atoms with Crippen LogP contribution in [0.4, 0.5) is 4.79 Å². The van der Waals surface area contributed by atoms with Gasteiger partial charge < -0.3 is 19.7 Å². The molecule has 1 aliphatic heterocycles. The van der Waals surface area contributed by atoms with Gasteiger partial charge in [-0.05, 0) is 47.1 Å². The van der Waals surface area contributed by atoms with Crippen LogP contribution in [0.15, 0.2) is 0 Å². The smallest absolute Gasteiger partial charge is 0.410 e. The van der Waals surface area contributed by atoms with Crippen LogP contribution >= 0.6 is 0 Å². The molecule has 0 aliphatic carbocycles. The Morgan fingerprint density at radius 3 is 2.74 bits per heavy atom. The summed E-state index contributed by atoms with van der Waals surface area (Å²) in [6, 6.07) is 0.463. The van der Waals surface area contributed by atoms with Crippen molar-refractivity contribution >= 4 is 6.09 Å². The van der Waals surface area contributed by atoms with Crippen LogP contribution in [0.3, 0.4) is 0 Å². The molecule has 2 atom stereocenters. The first-order valence-corrected chi connectivity index (χ1v) is 9.14. The molecule has 0 saturated carbocycles. The number of nitrogens with one attached hydrogen (secondary N) is 1. The molecule has 23 heavy (non-hydrogen) atoms. The minimum absolute atomic E-state index is 0.0942. The summed E-state index contributed by atoms with van der Waals surface area (Å²) in [5.41, 5.74) is -0.455. The highest BCUT2D eigenvalue weighted by molar-refractivity contribution is 5.68. The maximum atomic E-state index is 12.4. The van der Waals surface area contributed by atoms with E-state index < -0.39 is 5.60 Å². The van der Waals surface area contributed by atoms with Gasteiger partial charge in [0.1, 0.15) is 5.60 Å². The highest BCUT2D eigenvalue weighted by Gasteiger charge is 2.31. The molecule has 1 fully saturated rings. The maximum Gasteiger partial charge on any atom is 0.410 e. The van der Waals surface area contributed by atoms with Gasteiger partial charge in [0, 0.05) is 12.6 Å². The number of ether oxygens (including phenoxy) is 2. The Morgan fingerprint density at radius 1 is 1.35 bits per heavy atom. The van der Waals surface area contributed by atoms with Crippen molar-refractivity contribution < 1.29 is 14.3 Å². The number of morpholine rings is 1. The van der Waals surface area contributed by atoms with E-state index >= 15 is 0 Å². The third kappa shape index (κ3) is 8.56. The number of carbonyl (C=O) groups is 1. The van der Waals surface area contributed by atoms with Gasteiger partial charge in [-0.3, -0.25) is 0 Å². The highest BCUT2D eigenvalue weighted by Crippen LogP contribution is 2.17. The van der Waals surface area contributed by atoms with E-state index in [1.54, 1.807) is 0 Å². The zero-order valence-electron chi connectivity index (χ0n) is 15.7. The van der Waals surface area contributed by atoms with Crippen LogP contribution in [-0.4, -0.2) is 55.0 Å². The van der Waals surface area contributed by atoms with Gasteiger partial charge in [-0.2, -0.15) is 0 Å². The average Bonchev–Trinajstić information content (AvgIpc) is 2.45. The summed E-state index contributed by atoms with van der Waals surface area (Å²) in [5.74, 6) is 0. The van der Waals surface area contributed by atoms with Crippen molar-refractivity contribution in [1.82, 2.24) is 10.2 Å². The molecule has 1 amide bonds. The van der Waals surface area contributed by atoms with E-state index in [9.17, 15) is 4.79 Å². The molecule has 5 heteroatoms. The van der Waals surface area contributed by atoms with E-state index in [0.717, 1.165) is 13.0 Å². The second kappa shape index (κ2) is 10.1. The molecule has 1 rings (SSSR count). The molecule has 136 valence electrons. The van der Waals surface area contributed by atoms with Crippen molar-refractivity contribution in [3.63, 3.8) is 0 Å². The summed E-state index contributed by atoms with van der Waals surface area (Å²) in [7, 11) is 0. The molecular formula is C18H36N2O3. The first-order chi connectivity index (χ1) is 10.8. The van der Waals surface area contributed by atoms with Gasteiger partial charge >= 0.3 is 6.09 Å². The number of rotatable bonds is 8. The summed E-state index contributed by atoms with van der Waals surface area (Å²) < 4.78 is 11.1. The third-order valence-corrected chi connectivity index (χ3v) is 4.00. The second-order valence-corrected chi connectivity index (χ2v) is 7.55. The Labute approximate surface area is 142 Å². The first-order valence-electron chi connectivity index (χ1n) is 9.14. The van der Waals surface area contributed by atoms with Crippen LogP contribution < -0.4 is 5.32 Å². The highest BCUT2D eigenvalue weighted by atomic mass is 16.6. The quantitative estimate of drug-likeness (QED) is 0.692. The number of nitrogens with zero attached hydrogens (tertiary/aromatic N) is 1. The topological polar surface area (TPSA) is 50.8 Å². The number of amides is 1. The van der Waals surface area contributed by atoms with E-state index in [1.165, 1.54) is 25.7 Å². The minimum Gasteiger partial charge on any atom is -0.444 e. The summed E-state index contributed by atoms with van der Waals surface area (Å²) in [4.78, 5) is 14.2. The van der Waals surface area contributed by atoms with E-state index in [0.29, 0.717) is 25.8 Å². The van der Waals surface area contributed by atoms with Crippen LogP contribution in [0.5, 0.6) is 0 Å². The Morgan fingerprint density at radius 2 is 2.09 bits per heavy atom. The molecule has 0 spiro atoms. The lowest BCUT2D eigenvalue weighted by Gasteiger charge is -2.37. The van der Waals surface area contributed by atoms with Crippen LogP contribution in [0, 0.1) is 0 Å². The molecule has 0 radical (unpaired) electrons. The van der Waals surface area contributed by atoms with Gasteiger partial charge in [-0.1, -0.05) is 26.2 Å². The fourth-order valence-corrected chi connectivity index (χ4v) is 2.80. The van der Waals surface area contributed by atoms with E-state index in [2.05, 4.69) is 19.2 Å². The zero-order chi connectivity index (χ0) is 17.3. The van der Waals surface area contributed by atoms with Gasteiger partial charge in [0.15, 0.2) is 0 Å². The molecule has 1 saturated heterocycles. The number of hydrogen-bond acceptors (Lipinski definition) is 4. The van der Waals surface area contributed by atoms with Gasteiger partial charge in [0.2, 0.25) is 0 Å². The molecule has 0 aromatic carbocycles. The van der Waals surface area contributed by atoms with Crippen molar-refractivity contribution in [1.29, 1.82) is 0 Å². The monoisotopic (exact) mass is 328 g/mol. The molecule has 5 nitrogen and oxygen atoms in total. The lowest BCUT2D eigenvalue weighted by atomic mass is 10.1. The number of unbranched alkanes of at least 4 members (excludes halogenated alkanes) is 3. The van der Waals surface area contributed by atoms with E-state index in [1.807, 2.05) is 25.7 Å². The van der Waals surface area contributed by atoms with E-state index in [-0.39, 0.29) is 12.1 Å². The van der Waals surface area contributed by atoms with Crippen molar-refractivity contribution in [3.05, 3.63) is 0 Å². The van der Waals surface area contributed by atoms with Crippen molar-refractivity contribution in [2.24, 2.45) is 0 Å². The zero-order valence-corrected chi connectivity index (χ0v) is 15.7. The Bertz CT molecular complexity index is 342. The summed E-state index contributed by atoms with van der Waals surface area (Å²) in [6.45, 7) is 13.0. The lowest BCUT2D eigenvalue weighted by molar-refractivity contribution is -0.0355. The van der Waals surface area contributed by atoms with Gasteiger partial charge in [0.05, 0.1) is 19.3 Å². The van der Waals surface area contributed by atoms with Gasteiger partial charge in [-0.15, -0.1) is 0 Å². The van der Waals surface area contributed by atoms with Crippen molar-refractivity contribution in [2.45, 2.75) is 84.4 Å². The second-order valence-electron chi connectivity index (χ2n) is 7.55. The first kappa shape index (κ1) is 20.2. The predicted molar refractivity (Wildman–Crippen MR) is 93.8 cm³/mol. The SMILES string of the molecule is CCCCCCNC(C)CC1COCCN1C(=O)OC(C)(C)C. The van der Waals surface area contributed by atoms with Gasteiger partial charge in [0.25, 0.3) is 0 Å². The average molecular weight is 328 g/mol. The molecular weight excluding hydrogens is 292 g/mol. The van der Waals surface area contributed by atoms with Crippen molar-refractivity contribution in [2.75, 3.05) is 26.3 Å². The maximum absolute atomic E-state index is 12.4. The molecule has 1 aliphatic rings. The molecule has 1 N–H and O–H groups in total. The summed E-state index contributed by atoms with van der Waals surface area (Å²) in [5, 5.41) is 3.56. The van der Waals surface area contributed by atoms with Crippen molar-refractivity contribution in [3.8, 4) is 0 Å². The molecule has 0 aromatic rings. The molecule has 2 unspecified atom stereocenters. The number of hydrogen-bond donors (Lipinski definition) is 1. The fourth-order valence-electron chi connectivity index (χ4n) is 2.80. The van der Waals surface area contributed by atoms with Crippen LogP contribution in [0.2, 0.25) is 0 Å². The third-order valence-electron chi connectivity index (χ3n) is 4.00.